The third kappa shape index (κ3) is 1.79. The average Bonchev–Trinajstić information content (AvgIpc) is 2.72. The van der Waals surface area contributed by atoms with Crippen molar-refractivity contribution in [1.82, 2.24) is 0 Å². The fourth-order valence-corrected chi connectivity index (χ4v) is 6.59. The first kappa shape index (κ1) is 14.9. The fraction of sp³-hybridized carbons (Fsp3) is 0.850. The highest BCUT2D eigenvalue weighted by Gasteiger charge is 2.61. The lowest BCUT2D eigenvalue weighted by Crippen LogP contribution is -2.50. The minimum Gasteiger partial charge on any atom is -0.296 e. The average molecular weight is 304 g/mol. The topological polar surface area (TPSA) is 17.1 Å². The third-order valence-corrected chi connectivity index (χ3v) is 8.05. The van der Waals surface area contributed by atoms with Crippen LogP contribution in [0.25, 0.3) is 0 Å². The maximum absolute atomic E-state index is 14.1. The van der Waals surface area contributed by atoms with Crippen molar-refractivity contribution in [3.63, 3.8) is 0 Å². The molecule has 0 saturated heterocycles. The van der Waals surface area contributed by atoms with E-state index in [2.05, 4.69) is 26.8 Å². The Morgan fingerprint density at radius 1 is 1.14 bits per heavy atom. The summed E-state index contributed by atoms with van der Waals surface area (Å²) in [6, 6.07) is 0. The smallest absolute Gasteiger partial charge is 0.173 e. The molecule has 4 rings (SSSR count). The normalized spacial score (nSPS) is 54.3. The van der Waals surface area contributed by atoms with Crippen molar-refractivity contribution in [2.24, 2.45) is 34.5 Å². The van der Waals surface area contributed by atoms with Crippen LogP contribution in [-0.2, 0) is 4.79 Å². The van der Waals surface area contributed by atoms with E-state index in [-0.39, 0.29) is 17.1 Å². The summed E-state index contributed by atoms with van der Waals surface area (Å²) in [4.78, 5) is 12.4. The van der Waals surface area contributed by atoms with Crippen LogP contribution < -0.4 is 0 Å². The lowest BCUT2D eigenvalue weighted by molar-refractivity contribution is -0.134. The van der Waals surface area contributed by atoms with Gasteiger partial charge in [0.2, 0.25) is 0 Å². The Morgan fingerprint density at radius 3 is 2.64 bits per heavy atom. The Labute approximate surface area is 133 Å². The summed E-state index contributed by atoms with van der Waals surface area (Å²) >= 11 is 0. The molecule has 3 fully saturated rings. The maximum atomic E-state index is 14.1. The predicted molar refractivity (Wildman–Crippen MR) is 86.2 cm³/mol. The first-order chi connectivity index (χ1) is 10.4. The molecule has 0 radical (unpaired) electrons. The molecule has 1 nitrogen and oxygen atoms in total. The van der Waals surface area contributed by atoms with Crippen LogP contribution in [0.3, 0.4) is 0 Å². The summed E-state index contributed by atoms with van der Waals surface area (Å²) in [5.74, 6) is 2.21. The fourth-order valence-electron chi connectivity index (χ4n) is 6.59. The van der Waals surface area contributed by atoms with Crippen molar-refractivity contribution >= 4 is 5.78 Å². The standard InChI is InChI=1S/C20H29FO/c1-12-6-8-19(2)13(10-12)4-5-14-15(19)7-9-20(3)16(14)11-17(21)18(20)22/h4,12,14-17H,5-11H2,1-3H3/t12-,14+,15-,16-,17?,19-,20-/m0/s1. The molecule has 4 aliphatic rings. The molecule has 22 heavy (non-hydrogen) atoms. The molecule has 0 spiro atoms. The Morgan fingerprint density at radius 2 is 1.86 bits per heavy atom. The molecule has 2 heteroatoms. The van der Waals surface area contributed by atoms with Gasteiger partial charge in [-0.15, -0.1) is 0 Å². The number of hydrogen-bond acceptors (Lipinski definition) is 1. The molecule has 0 aromatic carbocycles. The van der Waals surface area contributed by atoms with Crippen LogP contribution in [0.1, 0.15) is 65.7 Å². The SMILES string of the molecule is C[C@H]1CC[C@@]2(C)C(=CC[C@@H]3[C@@H]2CC[C@]2(C)C(=O)C(F)C[C@@H]32)C1. The summed E-state index contributed by atoms with van der Waals surface area (Å²) in [6.45, 7) is 6.89. The molecule has 0 heterocycles. The minimum absolute atomic E-state index is 0.0897. The Bertz CT molecular complexity index is 538. The molecule has 0 N–H and O–H groups in total. The highest BCUT2D eigenvalue weighted by Crippen LogP contribution is 2.64. The number of alkyl halides is 1. The number of carbonyl (C=O) groups excluding carboxylic acids is 1. The minimum atomic E-state index is -1.20. The molecule has 0 amide bonds. The number of halogens is 1. The molecule has 1 unspecified atom stereocenters. The molecule has 122 valence electrons. The van der Waals surface area contributed by atoms with E-state index in [1.54, 1.807) is 5.57 Å². The zero-order valence-electron chi connectivity index (χ0n) is 14.2. The highest BCUT2D eigenvalue weighted by atomic mass is 19.1. The molecule has 0 aromatic rings. The summed E-state index contributed by atoms with van der Waals surface area (Å²) in [5, 5.41) is 0. The predicted octanol–water partition coefficient (Wildman–Crippen LogP) is 5.10. The quantitative estimate of drug-likeness (QED) is 0.569. The number of hydrogen-bond donors (Lipinski definition) is 0. The van der Waals surface area contributed by atoms with Gasteiger partial charge in [-0.25, -0.2) is 4.39 Å². The Kier molecular flexibility index (Phi) is 3.17. The summed E-state index contributed by atoms with van der Waals surface area (Å²) < 4.78 is 14.1. The number of fused-ring (bicyclic) bond motifs is 5. The van der Waals surface area contributed by atoms with Crippen molar-refractivity contribution in [2.75, 3.05) is 0 Å². The second-order valence-corrected chi connectivity index (χ2v) is 9.13. The molecule has 0 aliphatic heterocycles. The number of carbonyl (C=O) groups is 1. The Hall–Kier alpha value is -0.660. The van der Waals surface area contributed by atoms with Crippen LogP contribution in [0.15, 0.2) is 11.6 Å². The van der Waals surface area contributed by atoms with E-state index in [9.17, 15) is 9.18 Å². The number of ketones is 1. The summed E-state index contributed by atoms with van der Waals surface area (Å²) in [5.41, 5.74) is 1.63. The van der Waals surface area contributed by atoms with Gasteiger partial charge in [0.05, 0.1) is 0 Å². The summed E-state index contributed by atoms with van der Waals surface area (Å²) in [7, 11) is 0. The highest BCUT2D eigenvalue weighted by molar-refractivity contribution is 5.91. The molecule has 4 aliphatic carbocycles. The van der Waals surface area contributed by atoms with Crippen LogP contribution in [0.5, 0.6) is 0 Å². The first-order valence-corrected chi connectivity index (χ1v) is 9.24. The van der Waals surface area contributed by atoms with Crippen LogP contribution in [-0.4, -0.2) is 12.0 Å². The first-order valence-electron chi connectivity index (χ1n) is 9.24. The summed E-state index contributed by atoms with van der Waals surface area (Å²) in [6.07, 6.45) is 8.77. The molecular weight excluding hydrogens is 275 g/mol. The number of allylic oxidation sites excluding steroid dienone is 2. The second-order valence-electron chi connectivity index (χ2n) is 9.13. The van der Waals surface area contributed by atoms with Gasteiger partial charge in [-0.3, -0.25) is 4.79 Å². The molecule has 0 bridgehead atoms. The van der Waals surface area contributed by atoms with Gasteiger partial charge >= 0.3 is 0 Å². The molecular formula is C20H29FO. The van der Waals surface area contributed by atoms with Gasteiger partial charge in [0.1, 0.15) is 0 Å². The van der Waals surface area contributed by atoms with Crippen molar-refractivity contribution in [3.8, 4) is 0 Å². The zero-order chi connectivity index (χ0) is 15.7. The van der Waals surface area contributed by atoms with Crippen LogP contribution in [0, 0.1) is 34.5 Å². The molecule has 3 saturated carbocycles. The van der Waals surface area contributed by atoms with Gasteiger partial charge in [-0.05, 0) is 74.0 Å². The van der Waals surface area contributed by atoms with E-state index in [0.717, 1.165) is 25.2 Å². The van der Waals surface area contributed by atoms with E-state index in [0.29, 0.717) is 23.7 Å². The van der Waals surface area contributed by atoms with Crippen molar-refractivity contribution < 1.29 is 9.18 Å². The van der Waals surface area contributed by atoms with E-state index >= 15 is 0 Å². The largest absolute Gasteiger partial charge is 0.296 e. The van der Waals surface area contributed by atoms with Crippen molar-refractivity contribution in [2.45, 2.75) is 71.9 Å². The zero-order valence-corrected chi connectivity index (χ0v) is 14.2. The number of rotatable bonds is 0. The van der Waals surface area contributed by atoms with Crippen LogP contribution >= 0.6 is 0 Å². The van der Waals surface area contributed by atoms with E-state index in [1.165, 1.54) is 19.3 Å². The van der Waals surface area contributed by atoms with Gasteiger partial charge in [-0.2, -0.15) is 0 Å². The van der Waals surface area contributed by atoms with Gasteiger partial charge in [0, 0.05) is 5.41 Å². The van der Waals surface area contributed by atoms with Crippen molar-refractivity contribution in [3.05, 3.63) is 11.6 Å². The van der Waals surface area contributed by atoms with E-state index in [4.69, 9.17) is 0 Å². The van der Waals surface area contributed by atoms with Gasteiger partial charge in [0.25, 0.3) is 0 Å². The lowest BCUT2D eigenvalue weighted by atomic mass is 9.47. The lowest BCUT2D eigenvalue weighted by Gasteiger charge is -2.56. The molecule has 7 atom stereocenters. The molecule has 0 aromatic heterocycles. The van der Waals surface area contributed by atoms with Crippen molar-refractivity contribution in [1.29, 1.82) is 0 Å². The Balaban J connectivity index is 1.70. The van der Waals surface area contributed by atoms with Gasteiger partial charge in [-0.1, -0.05) is 32.4 Å². The number of Topliss-reactive ketones (excluding diaryl/α,β-unsaturated/α-hetero) is 1. The van der Waals surface area contributed by atoms with E-state index < -0.39 is 6.17 Å². The van der Waals surface area contributed by atoms with Crippen LogP contribution in [0.4, 0.5) is 4.39 Å². The van der Waals surface area contributed by atoms with E-state index in [1.807, 2.05) is 0 Å². The third-order valence-electron chi connectivity index (χ3n) is 8.05. The second kappa shape index (κ2) is 4.68. The monoisotopic (exact) mass is 304 g/mol. The van der Waals surface area contributed by atoms with Crippen LogP contribution in [0.2, 0.25) is 0 Å². The van der Waals surface area contributed by atoms with Gasteiger partial charge in [0.15, 0.2) is 12.0 Å². The maximum Gasteiger partial charge on any atom is 0.173 e. The van der Waals surface area contributed by atoms with Gasteiger partial charge < -0.3 is 0 Å².